The molecule has 12 nitrogen and oxygen atoms in total. The van der Waals surface area contributed by atoms with Crippen molar-refractivity contribution in [2.24, 2.45) is 5.92 Å². The molecule has 0 bridgehead atoms. The maximum atomic E-state index is 12.5. The Bertz CT molecular complexity index is 1220. The molecule has 37 heavy (non-hydrogen) atoms. The van der Waals surface area contributed by atoms with Crippen LogP contribution in [0.5, 0.6) is 0 Å². The van der Waals surface area contributed by atoms with E-state index in [0.29, 0.717) is 12.4 Å². The summed E-state index contributed by atoms with van der Waals surface area (Å²) in [6.45, 7) is 2.67. The van der Waals surface area contributed by atoms with E-state index in [0.717, 1.165) is 5.56 Å². The Morgan fingerprint density at radius 1 is 1.11 bits per heavy atom. The lowest BCUT2D eigenvalue weighted by atomic mass is 10.1. The van der Waals surface area contributed by atoms with Crippen LogP contribution in [0.2, 0.25) is 0 Å². The van der Waals surface area contributed by atoms with E-state index in [2.05, 4.69) is 25.3 Å². The average Bonchev–Trinajstić information content (AvgIpc) is 2.79. The maximum Gasteiger partial charge on any atom is 0.491 e. The maximum absolute atomic E-state index is 12.5. The lowest BCUT2D eigenvalue weighted by Gasteiger charge is -2.19. The predicted octanol–water partition coefficient (Wildman–Crippen LogP) is 0.977. The van der Waals surface area contributed by atoms with Crippen LogP contribution in [0.1, 0.15) is 29.8 Å². The molecule has 0 aliphatic heterocycles. The fourth-order valence-electron chi connectivity index (χ4n) is 2.83. The number of nitrogens with zero attached hydrogens (tertiary/aromatic N) is 2. The highest BCUT2D eigenvalue weighted by Crippen LogP contribution is 2.17. The minimum atomic E-state index is -5.48. The summed E-state index contributed by atoms with van der Waals surface area (Å²) in [5.74, 6) is -5.67. The smallest absolute Gasteiger partial charge is 0.385 e. The molecule has 0 unspecified atom stereocenters. The zero-order chi connectivity index (χ0) is 27.8. The van der Waals surface area contributed by atoms with Crippen molar-refractivity contribution in [1.82, 2.24) is 20.0 Å². The Morgan fingerprint density at radius 3 is 2.32 bits per heavy atom. The molecular formula is C21H25F3N6O6S. The van der Waals surface area contributed by atoms with Gasteiger partial charge in [-0.1, -0.05) is 26.0 Å². The Labute approximate surface area is 210 Å². The number of ether oxygens (including phenoxy) is 1. The first-order valence-corrected chi connectivity index (χ1v) is 12.3. The topological polar surface area (TPSA) is 182 Å². The number of aromatic nitrogens is 2. The van der Waals surface area contributed by atoms with Crippen LogP contribution in [0.15, 0.2) is 36.5 Å². The van der Waals surface area contributed by atoms with Crippen molar-refractivity contribution in [2.45, 2.75) is 32.6 Å². The van der Waals surface area contributed by atoms with Crippen molar-refractivity contribution in [2.75, 3.05) is 23.3 Å². The number of amides is 1. The lowest BCUT2D eigenvalue weighted by molar-refractivity contribution is -0.202. The van der Waals surface area contributed by atoms with Crippen molar-refractivity contribution < 1.29 is 40.7 Å². The summed E-state index contributed by atoms with van der Waals surface area (Å²) in [6.07, 6.45) is -4.00. The van der Waals surface area contributed by atoms with Crippen molar-refractivity contribution in [3.8, 4) is 0 Å². The zero-order valence-electron chi connectivity index (χ0n) is 19.7. The van der Waals surface area contributed by atoms with Crippen molar-refractivity contribution in [1.29, 1.82) is 0 Å². The molecule has 1 aromatic heterocycles. The summed E-state index contributed by atoms with van der Waals surface area (Å²) in [6, 6.07) is 5.70. The summed E-state index contributed by atoms with van der Waals surface area (Å²) in [4.78, 5) is 43.4. The molecule has 0 saturated heterocycles. The number of nitrogens with one attached hydrogen (secondary N) is 3. The second-order valence-electron chi connectivity index (χ2n) is 8.11. The molecule has 0 saturated carbocycles. The van der Waals surface area contributed by atoms with E-state index in [-0.39, 0.29) is 17.4 Å². The molecule has 0 aliphatic rings. The fraction of sp³-hybridized carbons (Fsp3) is 0.381. The van der Waals surface area contributed by atoms with Crippen LogP contribution in [-0.2, 0) is 30.9 Å². The largest absolute Gasteiger partial charge is 0.491 e. The van der Waals surface area contributed by atoms with Gasteiger partial charge in [0, 0.05) is 24.8 Å². The summed E-state index contributed by atoms with van der Waals surface area (Å²) in [5, 5.41) is 5.25. The van der Waals surface area contributed by atoms with Gasteiger partial charge in [-0.2, -0.15) is 22.9 Å². The van der Waals surface area contributed by atoms with Gasteiger partial charge in [-0.05, 0) is 29.7 Å². The van der Waals surface area contributed by atoms with E-state index in [1.807, 2.05) is 4.72 Å². The van der Waals surface area contributed by atoms with Gasteiger partial charge in [0.2, 0.25) is 16.0 Å². The Hall–Kier alpha value is -3.79. The minimum absolute atomic E-state index is 0.0912. The van der Waals surface area contributed by atoms with E-state index >= 15 is 0 Å². The third-order valence-corrected chi connectivity index (χ3v) is 6.16. The van der Waals surface area contributed by atoms with Gasteiger partial charge < -0.3 is 21.1 Å². The van der Waals surface area contributed by atoms with Crippen molar-refractivity contribution in [3.05, 3.63) is 47.7 Å². The number of carbonyl (C=O) groups excluding carboxylic acids is 3. The van der Waals surface area contributed by atoms with Gasteiger partial charge in [0.15, 0.2) is 0 Å². The molecule has 202 valence electrons. The highest BCUT2D eigenvalue weighted by atomic mass is 32.2. The van der Waals surface area contributed by atoms with Gasteiger partial charge in [-0.3, -0.25) is 4.79 Å². The molecular weight excluding hydrogens is 521 g/mol. The number of carbonyl (C=O) groups is 3. The average molecular weight is 547 g/mol. The first-order chi connectivity index (χ1) is 17.2. The normalized spacial score (nSPS) is 12.6. The second-order valence-corrected chi connectivity index (χ2v) is 9.91. The molecule has 2 rings (SSSR count). The van der Waals surface area contributed by atoms with Gasteiger partial charge in [0.25, 0.3) is 5.91 Å². The number of nitrogens with two attached hydrogens (primary N) is 1. The third kappa shape index (κ3) is 10.0. The number of esters is 2. The molecule has 0 radical (unpaired) electrons. The number of hydrogen-bond donors (Lipinski definition) is 4. The first-order valence-electron chi connectivity index (χ1n) is 10.7. The fourth-order valence-corrected chi connectivity index (χ4v) is 4.42. The van der Waals surface area contributed by atoms with Crippen molar-refractivity contribution >= 4 is 39.6 Å². The molecule has 2 aromatic rings. The van der Waals surface area contributed by atoms with Crippen LogP contribution < -0.4 is 21.1 Å². The van der Waals surface area contributed by atoms with Gasteiger partial charge in [-0.15, -0.1) is 0 Å². The summed E-state index contributed by atoms with van der Waals surface area (Å²) in [5.41, 5.74) is 6.37. The molecule has 16 heteroatoms. The molecule has 1 aromatic carbocycles. The SMILES string of the molecule is CC(C)CS(=O)(=O)N[C@@H](CNC(=O)c1ccc(CNc2ccnc(N)n2)cc1)C(=O)OC(=O)C(F)(F)F. The number of rotatable bonds is 11. The van der Waals surface area contributed by atoms with Crippen molar-refractivity contribution in [3.63, 3.8) is 0 Å². The number of benzene rings is 1. The van der Waals surface area contributed by atoms with Crippen LogP contribution in [0, 0.1) is 5.92 Å². The summed E-state index contributed by atoms with van der Waals surface area (Å²) in [7, 11) is -4.16. The van der Waals surface area contributed by atoms with E-state index in [1.54, 1.807) is 32.0 Å². The molecule has 5 N–H and O–H groups in total. The summed E-state index contributed by atoms with van der Waals surface area (Å²) < 4.78 is 67.4. The predicted molar refractivity (Wildman–Crippen MR) is 125 cm³/mol. The van der Waals surface area contributed by atoms with Gasteiger partial charge in [0.1, 0.15) is 11.9 Å². The second kappa shape index (κ2) is 12.4. The van der Waals surface area contributed by atoms with Crippen LogP contribution >= 0.6 is 0 Å². The van der Waals surface area contributed by atoms with E-state index in [1.165, 1.54) is 18.3 Å². The van der Waals surface area contributed by atoms with Gasteiger partial charge >= 0.3 is 18.1 Å². The van der Waals surface area contributed by atoms with E-state index < -0.39 is 52.4 Å². The quantitative estimate of drug-likeness (QED) is 0.234. The van der Waals surface area contributed by atoms with E-state index in [4.69, 9.17) is 5.73 Å². The van der Waals surface area contributed by atoms with E-state index in [9.17, 15) is 36.0 Å². The molecule has 0 spiro atoms. The Balaban J connectivity index is 2.04. The zero-order valence-corrected chi connectivity index (χ0v) is 20.5. The van der Waals surface area contributed by atoms with Crippen LogP contribution in [0.4, 0.5) is 24.9 Å². The molecule has 1 heterocycles. The molecule has 1 atom stereocenters. The molecule has 0 fully saturated rings. The summed E-state index contributed by atoms with van der Waals surface area (Å²) >= 11 is 0. The number of alkyl halides is 3. The van der Waals surface area contributed by atoms with Gasteiger partial charge in [-0.25, -0.2) is 23.0 Å². The number of sulfonamides is 1. The monoisotopic (exact) mass is 546 g/mol. The van der Waals surface area contributed by atoms with Gasteiger partial charge in [0.05, 0.1) is 5.75 Å². The van der Waals surface area contributed by atoms with Crippen LogP contribution in [0.3, 0.4) is 0 Å². The standard InChI is InChI=1S/C21H25F3N6O6S/c1-12(2)11-37(34,35)30-15(18(32)36-19(33)21(22,23)24)10-28-17(31)14-5-3-13(4-6-14)9-27-16-7-8-26-20(25)29-16/h3-8,12,15,30H,9-11H2,1-2H3,(H,28,31)(H3,25,26,27,29)/t15-/m0/s1. The highest BCUT2D eigenvalue weighted by Gasteiger charge is 2.43. The van der Waals surface area contributed by atoms with Crippen LogP contribution in [-0.4, -0.2) is 60.7 Å². The number of anilines is 2. The Morgan fingerprint density at radius 2 is 1.76 bits per heavy atom. The number of hydrogen-bond acceptors (Lipinski definition) is 10. The highest BCUT2D eigenvalue weighted by molar-refractivity contribution is 7.89. The number of nitrogen functional groups attached to an aromatic ring is 1. The number of halogens is 3. The molecule has 0 aliphatic carbocycles. The third-order valence-electron chi connectivity index (χ3n) is 4.41. The van der Waals surface area contributed by atoms with Crippen LogP contribution in [0.25, 0.3) is 0 Å². The Kier molecular flexibility index (Phi) is 9.90. The first kappa shape index (κ1) is 29.4. The lowest BCUT2D eigenvalue weighted by Crippen LogP contribution is -2.51. The minimum Gasteiger partial charge on any atom is -0.385 e. The molecule has 1 amide bonds.